The Bertz CT molecular complexity index is 754. The van der Waals surface area contributed by atoms with Gasteiger partial charge in [-0.2, -0.15) is 0 Å². The number of amides is 1. The standard InChI is InChI=1S/C17H19ClN4O/c1-9(2)11-4-6-12(7-5-11)22-17(23)13-8-21-16(20)14(10(3)19)15(13)18/h4-9,19H,1-3H3,(H2,20,21)(H,22,23). The van der Waals surface area contributed by atoms with E-state index in [4.69, 9.17) is 22.7 Å². The predicted molar refractivity (Wildman–Crippen MR) is 94.6 cm³/mol. The van der Waals surface area contributed by atoms with Crippen molar-refractivity contribution in [2.45, 2.75) is 26.7 Å². The molecule has 6 heteroatoms. The molecule has 0 radical (unpaired) electrons. The number of aromatic nitrogens is 1. The van der Waals surface area contributed by atoms with E-state index < -0.39 is 0 Å². The molecular weight excluding hydrogens is 312 g/mol. The number of anilines is 2. The van der Waals surface area contributed by atoms with Crippen molar-refractivity contribution in [3.05, 3.63) is 52.2 Å². The Morgan fingerprint density at radius 2 is 1.91 bits per heavy atom. The fourth-order valence-corrected chi connectivity index (χ4v) is 2.54. The second kappa shape index (κ2) is 6.79. The molecule has 0 saturated carbocycles. The minimum Gasteiger partial charge on any atom is -0.383 e. The van der Waals surface area contributed by atoms with Gasteiger partial charge in [0.2, 0.25) is 0 Å². The predicted octanol–water partition coefficient (Wildman–Crippen LogP) is 4.08. The molecule has 0 saturated heterocycles. The van der Waals surface area contributed by atoms with Crippen LogP contribution in [0.5, 0.6) is 0 Å². The fraction of sp³-hybridized carbons (Fsp3) is 0.235. The van der Waals surface area contributed by atoms with Gasteiger partial charge in [0.15, 0.2) is 0 Å². The average Bonchev–Trinajstić information content (AvgIpc) is 2.47. The molecular formula is C17H19ClN4O. The summed E-state index contributed by atoms with van der Waals surface area (Å²) >= 11 is 6.22. The number of rotatable bonds is 4. The van der Waals surface area contributed by atoms with Gasteiger partial charge in [0, 0.05) is 17.6 Å². The average molecular weight is 331 g/mol. The summed E-state index contributed by atoms with van der Waals surface area (Å²) in [5.41, 5.74) is 8.22. The third-order valence-electron chi connectivity index (χ3n) is 3.50. The van der Waals surface area contributed by atoms with Crippen LogP contribution in [0.3, 0.4) is 0 Å². The molecule has 1 aromatic carbocycles. The van der Waals surface area contributed by atoms with Gasteiger partial charge in [-0.25, -0.2) is 4.98 Å². The number of halogens is 1. The minimum atomic E-state index is -0.387. The molecule has 4 N–H and O–H groups in total. The summed E-state index contributed by atoms with van der Waals surface area (Å²) in [7, 11) is 0. The highest BCUT2D eigenvalue weighted by molar-refractivity contribution is 6.38. The molecule has 2 aromatic rings. The molecule has 0 spiro atoms. The molecule has 0 aliphatic carbocycles. The van der Waals surface area contributed by atoms with Crippen molar-refractivity contribution < 1.29 is 4.79 Å². The molecule has 0 aliphatic heterocycles. The molecule has 0 aliphatic rings. The van der Waals surface area contributed by atoms with Crippen molar-refractivity contribution in [2.75, 3.05) is 11.1 Å². The van der Waals surface area contributed by atoms with E-state index in [1.165, 1.54) is 11.8 Å². The zero-order valence-electron chi connectivity index (χ0n) is 13.3. The second-order valence-electron chi connectivity index (χ2n) is 5.60. The van der Waals surface area contributed by atoms with Crippen molar-refractivity contribution in [2.24, 2.45) is 0 Å². The van der Waals surface area contributed by atoms with E-state index in [1.807, 2.05) is 24.3 Å². The highest BCUT2D eigenvalue weighted by Gasteiger charge is 2.18. The minimum absolute atomic E-state index is 0.139. The molecule has 120 valence electrons. The zero-order valence-corrected chi connectivity index (χ0v) is 14.0. The lowest BCUT2D eigenvalue weighted by Crippen LogP contribution is -2.15. The summed E-state index contributed by atoms with van der Waals surface area (Å²) in [4.78, 5) is 16.3. The molecule has 0 unspecified atom stereocenters. The summed E-state index contributed by atoms with van der Waals surface area (Å²) < 4.78 is 0. The molecule has 0 bridgehead atoms. The van der Waals surface area contributed by atoms with Crippen LogP contribution >= 0.6 is 11.6 Å². The molecule has 1 amide bonds. The number of carbonyl (C=O) groups excluding carboxylic acids is 1. The lowest BCUT2D eigenvalue weighted by Gasteiger charge is -2.12. The molecule has 23 heavy (non-hydrogen) atoms. The lowest BCUT2D eigenvalue weighted by atomic mass is 10.0. The maximum atomic E-state index is 12.4. The van der Waals surface area contributed by atoms with Crippen molar-refractivity contribution in [1.82, 2.24) is 4.98 Å². The molecule has 0 fully saturated rings. The van der Waals surface area contributed by atoms with E-state index in [-0.39, 0.29) is 33.6 Å². The van der Waals surface area contributed by atoms with Gasteiger partial charge in [0.25, 0.3) is 5.91 Å². The first-order valence-corrected chi connectivity index (χ1v) is 7.59. The summed E-state index contributed by atoms with van der Waals surface area (Å²) in [6.07, 6.45) is 1.32. The Labute approximate surface area is 140 Å². The Kier molecular flexibility index (Phi) is 5.01. The number of nitrogen functional groups attached to an aromatic ring is 1. The summed E-state index contributed by atoms with van der Waals surface area (Å²) in [6, 6.07) is 7.62. The van der Waals surface area contributed by atoms with Crippen LogP contribution in [-0.2, 0) is 0 Å². The van der Waals surface area contributed by atoms with Crippen LogP contribution in [0, 0.1) is 5.41 Å². The zero-order chi connectivity index (χ0) is 17.1. The van der Waals surface area contributed by atoms with Crippen LogP contribution in [0.25, 0.3) is 0 Å². The molecule has 0 atom stereocenters. The van der Waals surface area contributed by atoms with E-state index >= 15 is 0 Å². The first-order valence-electron chi connectivity index (χ1n) is 7.22. The Morgan fingerprint density at radius 3 is 2.43 bits per heavy atom. The maximum Gasteiger partial charge on any atom is 0.258 e. The first kappa shape index (κ1) is 17.0. The van der Waals surface area contributed by atoms with Gasteiger partial charge in [0.1, 0.15) is 5.82 Å². The van der Waals surface area contributed by atoms with E-state index in [9.17, 15) is 4.79 Å². The molecule has 1 heterocycles. The first-order chi connectivity index (χ1) is 10.8. The lowest BCUT2D eigenvalue weighted by molar-refractivity contribution is 0.102. The normalized spacial score (nSPS) is 10.7. The van der Waals surface area contributed by atoms with Gasteiger partial charge in [-0.15, -0.1) is 0 Å². The quantitative estimate of drug-likeness (QED) is 0.737. The topological polar surface area (TPSA) is 91.9 Å². The van der Waals surface area contributed by atoms with Crippen LogP contribution in [-0.4, -0.2) is 16.6 Å². The van der Waals surface area contributed by atoms with Crippen molar-refractivity contribution >= 4 is 34.7 Å². The van der Waals surface area contributed by atoms with Gasteiger partial charge < -0.3 is 16.5 Å². The van der Waals surface area contributed by atoms with E-state index in [1.54, 1.807) is 6.92 Å². The van der Waals surface area contributed by atoms with Crippen molar-refractivity contribution in [3.63, 3.8) is 0 Å². The van der Waals surface area contributed by atoms with Crippen molar-refractivity contribution in [1.29, 1.82) is 5.41 Å². The van der Waals surface area contributed by atoms with Gasteiger partial charge >= 0.3 is 0 Å². The summed E-state index contributed by atoms with van der Waals surface area (Å²) in [5, 5.41) is 10.6. The van der Waals surface area contributed by atoms with Crippen LogP contribution in [0.1, 0.15) is 48.2 Å². The highest BCUT2D eigenvalue weighted by atomic mass is 35.5. The number of nitrogens with one attached hydrogen (secondary N) is 2. The summed E-state index contributed by atoms with van der Waals surface area (Å²) in [6.45, 7) is 5.76. The fourth-order valence-electron chi connectivity index (χ4n) is 2.17. The SMILES string of the molecule is CC(=N)c1c(N)ncc(C(=O)Nc2ccc(C(C)C)cc2)c1Cl. The van der Waals surface area contributed by atoms with E-state index in [2.05, 4.69) is 24.1 Å². The smallest absolute Gasteiger partial charge is 0.258 e. The van der Waals surface area contributed by atoms with Crippen LogP contribution in [0.2, 0.25) is 5.02 Å². The maximum absolute atomic E-state index is 12.4. The summed E-state index contributed by atoms with van der Waals surface area (Å²) in [5.74, 6) is 0.177. The molecule has 1 aromatic heterocycles. The Hall–Kier alpha value is -2.40. The second-order valence-corrected chi connectivity index (χ2v) is 5.98. The van der Waals surface area contributed by atoms with Gasteiger partial charge in [0.05, 0.1) is 16.1 Å². The highest BCUT2D eigenvalue weighted by Crippen LogP contribution is 2.26. The Balaban J connectivity index is 2.27. The number of pyridine rings is 1. The number of benzene rings is 1. The number of hydrogen-bond donors (Lipinski definition) is 3. The van der Waals surface area contributed by atoms with Crippen LogP contribution in [0.4, 0.5) is 11.5 Å². The number of nitrogens with two attached hydrogens (primary N) is 1. The third-order valence-corrected chi connectivity index (χ3v) is 3.89. The number of carbonyl (C=O) groups is 1. The van der Waals surface area contributed by atoms with E-state index in [0.717, 1.165) is 0 Å². The van der Waals surface area contributed by atoms with Gasteiger partial charge in [-0.05, 0) is 30.5 Å². The monoisotopic (exact) mass is 330 g/mol. The van der Waals surface area contributed by atoms with Crippen molar-refractivity contribution in [3.8, 4) is 0 Å². The van der Waals surface area contributed by atoms with Gasteiger partial charge in [-0.1, -0.05) is 37.6 Å². The Morgan fingerprint density at radius 1 is 1.30 bits per heavy atom. The largest absolute Gasteiger partial charge is 0.383 e. The van der Waals surface area contributed by atoms with E-state index in [0.29, 0.717) is 11.6 Å². The van der Waals surface area contributed by atoms with Crippen LogP contribution in [0.15, 0.2) is 30.5 Å². The molecule has 5 nitrogen and oxygen atoms in total. The number of hydrogen-bond acceptors (Lipinski definition) is 4. The number of nitrogens with zero attached hydrogens (tertiary/aromatic N) is 1. The third kappa shape index (κ3) is 3.68. The van der Waals surface area contributed by atoms with Gasteiger partial charge in [-0.3, -0.25) is 4.79 Å². The van der Waals surface area contributed by atoms with Crippen LogP contribution < -0.4 is 11.1 Å². The molecule has 2 rings (SSSR count).